The molecule has 1 aliphatic rings. The number of hydrogen-bond acceptors (Lipinski definition) is 3. The van der Waals surface area contributed by atoms with Crippen LogP contribution in [0.5, 0.6) is 5.75 Å². The van der Waals surface area contributed by atoms with E-state index in [2.05, 4.69) is 9.88 Å². The summed E-state index contributed by atoms with van der Waals surface area (Å²) in [6.45, 7) is 2.80. The minimum Gasteiger partial charge on any atom is -0.508 e. The molecule has 0 saturated carbocycles. The molecule has 2 aromatic carbocycles. The number of halogens is 1. The minimum atomic E-state index is -0.298. The molecule has 4 rings (SSSR count). The number of anilines is 1. The third kappa shape index (κ3) is 3.22. The van der Waals surface area contributed by atoms with Crippen LogP contribution >= 0.6 is 0 Å². The Kier molecular flexibility index (Phi) is 4.24. The SMILES string of the molecule is O=C(Cc1c[nH]c2ccc(F)cc12)N1CCN(c2ccc(O)cc2)CC1. The van der Waals surface area contributed by atoms with Gasteiger partial charge in [-0.05, 0) is 48.0 Å². The number of aromatic hydroxyl groups is 1. The Hall–Kier alpha value is -3.02. The van der Waals surface area contributed by atoms with Gasteiger partial charge in [-0.3, -0.25) is 4.79 Å². The van der Waals surface area contributed by atoms with Gasteiger partial charge in [0.15, 0.2) is 0 Å². The molecule has 26 heavy (non-hydrogen) atoms. The van der Waals surface area contributed by atoms with Crippen molar-refractivity contribution in [3.8, 4) is 5.75 Å². The monoisotopic (exact) mass is 353 g/mol. The van der Waals surface area contributed by atoms with Gasteiger partial charge in [-0.25, -0.2) is 4.39 Å². The normalized spacial score (nSPS) is 14.8. The summed E-state index contributed by atoms with van der Waals surface area (Å²) >= 11 is 0. The standard InChI is InChI=1S/C20H20FN3O2/c21-15-1-6-19-18(12-15)14(13-22-19)11-20(26)24-9-7-23(8-10-24)16-2-4-17(25)5-3-16/h1-6,12-13,22,25H,7-11H2. The number of nitrogens with zero attached hydrogens (tertiary/aromatic N) is 2. The van der Waals surface area contributed by atoms with Crippen molar-refractivity contribution in [2.75, 3.05) is 31.1 Å². The van der Waals surface area contributed by atoms with Gasteiger partial charge in [0.05, 0.1) is 6.42 Å². The van der Waals surface area contributed by atoms with Crippen molar-refractivity contribution in [3.63, 3.8) is 0 Å². The maximum Gasteiger partial charge on any atom is 0.227 e. The summed E-state index contributed by atoms with van der Waals surface area (Å²) in [5, 5.41) is 10.2. The van der Waals surface area contributed by atoms with Crippen LogP contribution in [0.1, 0.15) is 5.56 Å². The Morgan fingerprint density at radius 1 is 1.08 bits per heavy atom. The number of fused-ring (bicyclic) bond motifs is 1. The van der Waals surface area contributed by atoms with Crippen LogP contribution in [0.3, 0.4) is 0 Å². The molecule has 6 heteroatoms. The van der Waals surface area contributed by atoms with E-state index in [4.69, 9.17) is 0 Å². The number of H-pyrrole nitrogens is 1. The summed E-state index contributed by atoms with van der Waals surface area (Å²) in [4.78, 5) is 19.8. The second-order valence-electron chi connectivity index (χ2n) is 6.56. The molecule has 0 unspecified atom stereocenters. The number of rotatable bonds is 3. The van der Waals surface area contributed by atoms with Crippen LogP contribution in [0.25, 0.3) is 10.9 Å². The summed E-state index contributed by atoms with van der Waals surface area (Å²) in [7, 11) is 0. The molecule has 134 valence electrons. The molecule has 2 N–H and O–H groups in total. The van der Waals surface area contributed by atoms with E-state index < -0.39 is 0 Å². The molecular formula is C20H20FN3O2. The largest absolute Gasteiger partial charge is 0.508 e. The molecule has 1 aromatic heterocycles. The number of aromatic nitrogens is 1. The number of piperazine rings is 1. The topological polar surface area (TPSA) is 59.6 Å². The molecular weight excluding hydrogens is 333 g/mol. The van der Waals surface area contributed by atoms with Gasteiger partial charge in [0, 0.05) is 49.0 Å². The highest BCUT2D eigenvalue weighted by Gasteiger charge is 2.22. The van der Waals surface area contributed by atoms with Crippen LogP contribution in [-0.2, 0) is 11.2 Å². The molecule has 0 bridgehead atoms. The molecule has 3 aromatic rings. The molecule has 0 spiro atoms. The first-order chi connectivity index (χ1) is 12.6. The summed E-state index contributed by atoms with van der Waals surface area (Å²) in [6, 6.07) is 11.7. The highest BCUT2D eigenvalue weighted by molar-refractivity contribution is 5.89. The van der Waals surface area contributed by atoms with E-state index in [0.29, 0.717) is 13.1 Å². The Morgan fingerprint density at radius 3 is 2.54 bits per heavy atom. The van der Waals surface area contributed by atoms with Crippen LogP contribution in [0.15, 0.2) is 48.7 Å². The zero-order valence-electron chi connectivity index (χ0n) is 14.3. The van der Waals surface area contributed by atoms with Gasteiger partial charge in [-0.1, -0.05) is 0 Å². The van der Waals surface area contributed by atoms with Gasteiger partial charge < -0.3 is 19.9 Å². The lowest BCUT2D eigenvalue weighted by atomic mass is 10.1. The summed E-state index contributed by atoms with van der Waals surface area (Å²) < 4.78 is 13.5. The van der Waals surface area contributed by atoms with E-state index >= 15 is 0 Å². The predicted octanol–water partition coefficient (Wildman–Crippen LogP) is 2.90. The van der Waals surface area contributed by atoms with Gasteiger partial charge in [0.25, 0.3) is 0 Å². The van der Waals surface area contributed by atoms with Gasteiger partial charge >= 0.3 is 0 Å². The van der Waals surface area contributed by atoms with Gasteiger partial charge in [-0.15, -0.1) is 0 Å². The lowest BCUT2D eigenvalue weighted by molar-refractivity contribution is -0.130. The first kappa shape index (κ1) is 16.4. The molecule has 1 aliphatic heterocycles. The van der Waals surface area contributed by atoms with Crippen molar-refractivity contribution in [2.45, 2.75) is 6.42 Å². The number of nitrogens with one attached hydrogen (secondary N) is 1. The van der Waals surface area contributed by atoms with E-state index in [1.54, 1.807) is 24.4 Å². The van der Waals surface area contributed by atoms with Crippen molar-refractivity contribution in [1.82, 2.24) is 9.88 Å². The lowest BCUT2D eigenvalue weighted by Crippen LogP contribution is -2.49. The molecule has 5 nitrogen and oxygen atoms in total. The smallest absolute Gasteiger partial charge is 0.227 e. The Balaban J connectivity index is 1.40. The quantitative estimate of drug-likeness (QED) is 0.761. The number of phenolic OH excluding ortho intramolecular Hbond substituents is 1. The number of carbonyl (C=O) groups excluding carboxylic acids is 1. The number of amides is 1. The summed E-state index contributed by atoms with van der Waals surface area (Å²) in [5.41, 5.74) is 2.71. The van der Waals surface area contributed by atoms with Crippen molar-refractivity contribution in [3.05, 3.63) is 60.0 Å². The van der Waals surface area contributed by atoms with E-state index in [1.165, 1.54) is 12.1 Å². The third-order valence-corrected chi connectivity index (χ3v) is 4.92. The van der Waals surface area contributed by atoms with Crippen molar-refractivity contribution < 1.29 is 14.3 Å². The Morgan fingerprint density at radius 2 is 1.81 bits per heavy atom. The minimum absolute atomic E-state index is 0.0560. The second kappa shape index (κ2) is 6.71. The number of aromatic amines is 1. The van der Waals surface area contributed by atoms with E-state index in [-0.39, 0.29) is 23.9 Å². The maximum absolute atomic E-state index is 13.5. The fourth-order valence-electron chi connectivity index (χ4n) is 3.45. The molecule has 0 atom stereocenters. The highest BCUT2D eigenvalue weighted by Crippen LogP contribution is 2.22. The first-order valence-corrected chi connectivity index (χ1v) is 8.67. The lowest BCUT2D eigenvalue weighted by Gasteiger charge is -2.36. The summed E-state index contributed by atoms with van der Waals surface area (Å²) in [6.07, 6.45) is 2.05. The molecule has 1 amide bonds. The number of benzene rings is 2. The first-order valence-electron chi connectivity index (χ1n) is 8.67. The van der Waals surface area contributed by atoms with Gasteiger partial charge in [-0.2, -0.15) is 0 Å². The van der Waals surface area contributed by atoms with Crippen molar-refractivity contribution in [2.24, 2.45) is 0 Å². The Bertz CT molecular complexity index is 928. The zero-order chi connectivity index (χ0) is 18.1. The van der Waals surface area contributed by atoms with Crippen LogP contribution < -0.4 is 4.90 Å². The van der Waals surface area contributed by atoms with Crippen LogP contribution in [0.4, 0.5) is 10.1 Å². The van der Waals surface area contributed by atoms with E-state index in [9.17, 15) is 14.3 Å². The van der Waals surface area contributed by atoms with Gasteiger partial charge in [0.2, 0.25) is 5.91 Å². The van der Waals surface area contributed by atoms with Crippen molar-refractivity contribution >= 4 is 22.5 Å². The number of carbonyl (C=O) groups is 1. The summed E-state index contributed by atoms with van der Waals surface area (Å²) in [5.74, 6) is 0.00607. The molecule has 1 saturated heterocycles. The van der Waals surface area contributed by atoms with Crippen molar-refractivity contribution in [1.29, 1.82) is 0 Å². The number of phenols is 1. The van der Waals surface area contributed by atoms with Crippen LogP contribution in [0.2, 0.25) is 0 Å². The average molecular weight is 353 g/mol. The van der Waals surface area contributed by atoms with Crippen LogP contribution in [0, 0.1) is 5.82 Å². The second-order valence-corrected chi connectivity index (χ2v) is 6.56. The number of hydrogen-bond donors (Lipinski definition) is 2. The zero-order valence-corrected chi connectivity index (χ0v) is 14.3. The highest BCUT2D eigenvalue weighted by atomic mass is 19.1. The van der Waals surface area contributed by atoms with E-state index in [0.717, 1.165) is 35.2 Å². The average Bonchev–Trinajstić information content (AvgIpc) is 3.04. The molecule has 1 fully saturated rings. The molecule has 2 heterocycles. The van der Waals surface area contributed by atoms with E-state index in [1.807, 2.05) is 17.0 Å². The maximum atomic E-state index is 13.5. The third-order valence-electron chi connectivity index (χ3n) is 4.92. The molecule has 0 aliphatic carbocycles. The fraction of sp³-hybridized carbons (Fsp3) is 0.250. The molecule has 0 radical (unpaired) electrons. The van der Waals surface area contributed by atoms with Crippen LogP contribution in [-0.4, -0.2) is 47.1 Å². The Labute approximate surface area is 150 Å². The predicted molar refractivity (Wildman–Crippen MR) is 98.9 cm³/mol. The fourth-order valence-corrected chi connectivity index (χ4v) is 3.45. The van der Waals surface area contributed by atoms with Gasteiger partial charge in [0.1, 0.15) is 11.6 Å².